The smallest absolute Gasteiger partial charge is 0.226 e. The lowest BCUT2D eigenvalue weighted by Gasteiger charge is -2.17. The summed E-state index contributed by atoms with van der Waals surface area (Å²) in [6, 6.07) is 11.7. The van der Waals surface area contributed by atoms with Crippen LogP contribution in [0.1, 0.15) is 17.3 Å². The molecule has 0 unspecified atom stereocenters. The van der Waals surface area contributed by atoms with E-state index in [9.17, 15) is 4.79 Å². The van der Waals surface area contributed by atoms with Crippen LogP contribution in [0.15, 0.2) is 66.6 Å². The van der Waals surface area contributed by atoms with Crippen LogP contribution in [0.3, 0.4) is 0 Å². The Morgan fingerprint density at radius 2 is 2.10 bits per heavy atom. The second-order valence-electron chi connectivity index (χ2n) is 4.66. The molecule has 4 nitrogen and oxygen atoms in total. The first kappa shape index (κ1) is 13.6. The molecule has 0 aliphatic carbocycles. The zero-order chi connectivity index (χ0) is 14.5. The zero-order valence-electron chi connectivity index (χ0n) is 11.3. The Hall–Kier alpha value is -2.40. The average Bonchev–Trinajstić information content (AvgIpc) is 3.19. The predicted molar refractivity (Wildman–Crippen MR) is 84.4 cm³/mol. The summed E-state index contributed by atoms with van der Waals surface area (Å²) in [5.74, 6) is -0.0184. The van der Waals surface area contributed by atoms with Crippen molar-refractivity contribution in [2.24, 2.45) is 0 Å². The van der Waals surface area contributed by atoms with Crippen molar-refractivity contribution in [1.82, 2.24) is 9.55 Å². The minimum Gasteiger partial charge on any atom is -0.346 e. The second-order valence-corrected chi connectivity index (χ2v) is 5.63. The Morgan fingerprint density at radius 3 is 2.76 bits per heavy atom. The lowest BCUT2D eigenvalue weighted by molar-refractivity contribution is -0.116. The Labute approximate surface area is 127 Å². The van der Waals surface area contributed by atoms with E-state index in [0.717, 1.165) is 5.69 Å². The van der Waals surface area contributed by atoms with Gasteiger partial charge >= 0.3 is 0 Å². The van der Waals surface area contributed by atoms with Gasteiger partial charge in [-0.25, -0.2) is 0 Å². The summed E-state index contributed by atoms with van der Waals surface area (Å²) in [4.78, 5) is 17.4. The summed E-state index contributed by atoms with van der Waals surface area (Å²) < 4.78 is 2.06. The van der Waals surface area contributed by atoms with Crippen molar-refractivity contribution < 1.29 is 4.79 Å². The number of aromatic nitrogens is 2. The number of hydrogen-bond acceptors (Lipinski definition) is 3. The maximum Gasteiger partial charge on any atom is 0.226 e. The maximum atomic E-state index is 12.3. The molecule has 1 amide bonds. The maximum absolute atomic E-state index is 12.3. The Kier molecular flexibility index (Phi) is 4.12. The van der Waals surface area contributed by atoms with E-state index in [1.807, 2.05) is 42.0 Å². The lowest BCUT2D eigenvalue weighted by Crippen LogP contribution is -2.19. The van der Waals surface area contributed by atoms with E-state index < -0.39 is 0 Å². The third-order valence-electron chi connectivity index (χ3n) is 3.18. The van der Waals surface area contributed by atoms with Gasteiger partial charge < -0.3 is 9.88 Å². The quantitative estimate of drug-likeness (QED) is 0.782. The van der Waals surface area contributed by atoms with Gasteiger partial charge in [-0.1, -0.05) is 6.07 Å². The molecule has 1 atom stereocenters. The number of thiophene rings is 1. The molecule has 3 heterocycles. The van der Waals surface area contributed by atoms with Crippen LogP contribution in [-0.4, -0.2) is 15.5 Å². The van der Waals surface area contributed by atoms with E-state index in [0.29, 0.717) is 6.42 Å². The molecule has 0 aromatic carbocycles. The number of hydrogen-bond donors (Lipinski definition) is 1. The molecule has 0 radical (unpaired) electrons. The molecule has 0 aliphatic heterocycles. The van der Waals surface area contributed by atoms with Crippen molar-refractivity contribution in [3.63, 3.8) is 0 Å². The van der Waals surface area contributed by atoms with Gasteiger partial charge in [-0.2, -0.15) is 0 Å². The van der Waals surface area contributed by atoms with E-state index in [1.165, 1.54) is 4.88 Å². The second kappa shape index (κ2) is 6.37. The highest BCUT2D eigenvalue weighted by Crippen LogP contribution is 2.26. The number of carbonyl (C=O) groups is 1. The number of pyridine rings is 1. The zero-order valence-corrected chi connectivity index (χ0v) is 12.2. The average molecular weight is 297 g/mol. The van der Waals surface area contributed by atoms with Gasteiger partial charge in [-0.05, 0) is 35.7 Å². The number of nitrogens with one attached hydrogen (secondary N) is 1. The van der Waals surface area contributed by atoms with Crippen LogP contribution in [0.25, 0.3) is 0 Å². The molecule has 3 aromatic rings. The molecule has 3 rings (SSSR count). The number of rotatable bonds is 5. The lowest BCUT2D eigenvalue weighted by atomic mass is 10.1. The van der Waals surface area contributed by atoms with Crippen LogP contribution in [-0.2, 0) is 4.79 Å². The van der Waals surface area contributed by atoms with E-state index in [4.69, 9.17) is 0 Å². The van der Waals surface area contributed by atoms with Gasteiger partial charge in [0.05, 0.1) is 24.3 Å². The summed E-state index contributed by atoms with van der Waals surface area (Å²) in [6.07, 6.45) is 7.70. The van der Waals surface area contributed by atoms with E-state index in [-0.39, 0.29) is 11.9 Å². The van der Waals surface area contributed by atoms with Gasteiger partial charge in [-0.15, -0.1) is 11.3 Å². The summed E-state index contributed by atoms with van der Waals surface area (Å²) >= 11 is 1.66. The minimum atomic E-state index is -0.0184. The summed E-state index contributed by atoms with van der Waals surface area (Å²) in [7, 11) is 0. The van der Waals surface area contributed by atoms with Crippen LogP contribution in [0, 0.1) is 0 Å². The SMILES string of the molecule is O=C(C[C@H](c1cccs1)n1cccc1)Nc1cccnc1. The van der Waals surface area contributed by atoms with E-state index in [2.05, 4.69) is 20.9 Å². The molecule has 0 spiro atoms. The van der Waals surface area contributed by atoms with Gasteiger partial charge in [0.25, 0.3) is 0 Å². The van der Waals surface area contributed by atoms with Crippen LogP contribution >= 0.6 is 11.3 Å². The van der Waals surface area contributed by atoms with E-state index in [1.54, 1.807) is 29.8 Å². The molecule has 106 valence electrons. The summed E-state index contributed by atoms with van der Waals surface area (Å²) in [5.41, 5.74) is 0.722. The van der Waals surface area contributed by atoms with Crippen molar-refractivity contribution in [1.29, 1.82) is 0 Å². The fourth-order valence-electron chi connectivity index (χ4n) is 2.21. The molecular formula is C16H15N3OS. The molecule has 0 saturated carbocycles. The van der Waals surface area contributed by atoms with Crippen LogP contribution < -0.4 is 5.32 Å². The molecular weight excluding hydrogens is 282 g/mol. The first-order valence-corrected chi connectivity index (χ1v) is 7.56. The van der Waals surface area contributed by atoms with Crippen molar-refractivity contribution >= 4 is 22.9 Å². The van der Waals surface area contributed by atoms with Gasteiger partial charge in [0, 0.05) is 23.5 Å². The highest BCUT2D eigenvalue weighted by Gasteiger charge is 2.18. The van der Waals surface area contributed by atoms with Gasteiger partial charge in [-0.3, -0.25) is 9.78 Å². The third kappa shape index (κ3) is 3.38. The van der Waals surface area contributed by atoms with Gasteiger partial charge in [0.2, 0.25) is 5.91 Å². The number of nitrogens with zero attached hydrogens (tertiary/aromatic N) is 2. The molecule has 1 N–H and O–H groups in total. The first-order valence-electron chi connectivity index (χ1n) is 6.68. The molecule has 5 heteroatoms. The van der Waals surface area contributed by atoms with E-state index >= 15 is 0 Å². The first-order chi connectivity index (χ1) is 10.3. The molecule has 0 bridgehead atoms. The van der Waals surface area contributed by atoms with Crippen molar-refractivity contribution in [2.45, 2.75) is 12.5 Å². The van der Waals surface area contributed by atoms with Crippen LogP contribution in [0.4, 0.5) is 5.69 Å². The number of anilines is 1. The molecule has 0 fully saturated rings. The predicted octanol–water partition coefficient (Wildman–Crippen LogP) is 3.56. The highest BCUT2D eigenvalue weighted by atomic mass is 32.1. The standard InChI is InChI=1S/C16H15N3OS/c20-16(18-13-5-3-7-17-12-13)11-14(15-6-4-10-21-15)19-8-1-2-9-19/h1-10,12,14H,11H2,(H,18,20)/t14-/m1/s1. The Bertz CT molecular complexity index is 643. The van der Waals surface area contributed by atoms with Crippen LogP contribution in [0.2, 0.25) is 0 Å². The highest BCUT2D eigenvalue weighted by molar-refractivity contribution is 7.10. The van der Waals surface area contributed by atoms with Crippen LogP contribution in [0.5, 0.6) is 0 Å². The third-order valence-corrected chi connectivity index (χ3v) is 4.16. The molecule has 3 aromatic heterocycles. The normalized spacial score (nSPS) is 12.0. The minimum absolute atomic E-state index is 0.0184. The summed E-state index contributed by atoms with van der Waals surface area (Å²) in [5, 5.41) is 4.92. The summed E-state index contributed by atoms with van der Waals surface area (Å²) in [6.45, 7) is 0. The van der Waals surface area contributed by atoms with Gasteiger partial charge in [0.1, 0.15) is 0 Å². The largest absolute Gasteiger partial charge is 0.346 e. The monoisotopic (exact) mass is 297 g/mol. The Morgan fingerprint density at radius 1 is 1.24 bits per heavy atom. The topological polar surface area (TPSA) is 46.9 Å². The van der Waals surface area contributed by atoms with Crippen molar-refractivity contribution in [3.05, 3.63) is 71.4 Å². The molecule has 0 aliphatic rings. The van der Waals surface area contributed by atoms with Crippen molar-refractivity contribution in [2.75, 3.05) is 5.32 Å². The Balaban J connectivity index is 1.75. The fourth-order valence-corrected chi connectivity index (χ4v) is 3.05. The number of carbonyl (C=O) groups excluding carboxylic acids is 1. The fraction of sp³-hybridized carbons (Fsp3) is 0.125. The van der Waals surface area contributed by atoms with Gasteiger partial charge in [0.15, 0.2) is 0 Å². The van der Waals surface area contributed by atoms with Crippen molar-refractivity contribution in [3.8, 4) is 0 Å². The molecule has 21 heavy (non-hydrogen) atoms. The number of amides is 1. The molecule has 0 saturated heterocycles.